The lowest BCUT2D eigenvalue weighted by atomic mass is 10.0. The SMILES string of the molecule is CN=C(NCC(=O)Nc1cccc(F)c1)NCC(C)c1ccc(C)cc1.I. The molecule has 0 fully saturated rings. The van der Waals surface area contributed by atoms with E-state index in [4.69, 9.17) is 0 Å². The molecule has 0 aromatic heterocycles. The molecule has 2 aromatic carbocycles. The van der Waals surface area contributed by atoms with E-state index in [1.165, 1.54) is 23.3 Å². The minimum Gasteiger partial charge on any atom is -0.356 e. The van der Waals surface area contributed by atoms with Gasteiger partial charge in [0.1, 0.15) is 5.82 Å². The Morgan fingerprint density at radius 1 is 1.15 bits per heavy atom. The molecule has 1 unspecified atom stereocenters. The van der Waals surface area contributed by atoms with Crippen molar-refractivity contribution >= 4 is 41.5 Å². The molecule has 0 aliphatic rings. The van der Waals surface area contributed by atoms with Crippen LogP contribution in [-0.2, 0) is 4.79 Å². The first-order valence-electron chi connectivity index (χ1n) is 8.54. The molecular weight excluding hydrogens is 458 g/mol. The Morgan fingerprint density at radius 3 is 2.48 bits per heavy atom. The van der Waals surface area contributed by atoms with Gasteiger partial charge in [-0.1, -0.05) is 42.8 Å². The Morgan fingerprint density at radius 2 is 1.85 bits per heavy atom. The number of aliphatic imine (C=N–C) groups is 1. The van der Waals surface area contributed by atoms with Gasteiger partial charge in [-0.25, -0.2) is 4.39 Å². The highest BCUT2D eigenvalue weighted by Crippen LogP contribution is 2.14. The fourth-order valence-corrected chi connectivity index (χ4v) is 2.42. The minimum atomic E-state index is -0.390. The highest BCUT2D eigenvalue weighted by molar-refractivity contribution is 14.0. The summed E-state index contributed by atoms with van der Waals surface area (Å²) in [5, 5.41) is 8.80. The summed E-state index contributed by atoms with van der Waals surface area (Å²) in [7, 11) is 1.65. The van der Waals surface area contributed by atoms with Gasteiger partial charge in [0, 0.05) is 19.3 Å². The van der Waals surface area contributed by atoms with Gasteiger partial charge in [-0.3, -0.25) is 9.79 Å². The van der Waals surface area contributed by atoms with Crippen molar-refractivity contribution in [1.29, 1.82) is 0 Å². The maximum Gasteiger partial charge on any atom is 0.243 e. The first-order valence-corrected chi connectivity index (χ1v) is 8.54. The Kier molecular flexibility index (Phi) is 9.77. The Labute approximate surface area is 176 Å². The van der Waals surface area contributed by atoms with E-state index in [-0.39, 0.29) is 36.4 Å². The van der Waals surface area contributed by atoms with Gasteiger partial charge in [0.2, 0.25) is 5.91 Å². The predicted molar refractivity (Wildman–Crippen MR) is 119 cm³/mol. The van der Waals surface area contributed by atoms with Gasteiger partial charge in [-0.15, -0.1) is 24.0 Å². The van der Waals surface area contributed by atoms with Crippen LogP contribution in [0.5, 0.6) is 0 Å². The summed E-state index contributed by atoms with van der Waals surface area (Å²) in [5.74, 6) is 0.178. The number of carbonyl (C=O) groups is 1. The van der Waals surface area contributed by atoms with Crippen molar-refractivity contribution in [3.05, 3.63) is 65.5 Å². The van der Waals surface area contributed by atoms with Crippen LogP contribution in [0.2, 0.25) is 0 Å². The fourth-order valence-electron chi connectivity index (χ4n) is 2.42. The van der Waals surface area contributed by atoms with Gasteiger partial charge in [0.15, 0.2) is 5.96 Å². The van der Waals surface area contributed by atoms with E-state index >= 15 is 0 Å². The van der Waals surface area contributed by atoms with Crippen LogP contribution in [0.4, 0.5) is 10.1 Å². The highest BCUT2D eigenvalue weighted by atomic mass is 127. The van der Waals surface area contributed by atoms with Gasteiger partial charge < -0.3 is 16.0 Å². The number of amides is 1. The van der Waals surface area contributed by atoms with Crippen LogP contribution in [-0.4, -0.2) is 32.0 Å². The van der Waals surface area contributed by atoms with Crippen molar-refractivity contribution < 1.29 is 9.18 Å². The molecule has 0 saturated heterocycles. The maximum absolute atomic E-state index is 13.1. The van der Waals surface area contributed by atoms with Crippen LogP contribution in [0.1, 0.15) is 24.0 Å². The molecule has 3 N–H and O–H groups in total. The van der Waals surface area contributed by atoms with Gasteiger partial charge >= 0.3 is 0 Å². The number of hydrogen-bond donors (Lipinski definition) is 3. The Hall–Kier alpha value is -2.16. The van der Waals surface area contributed by atoms with Crippen LogP contribution >= 0.6 is 24.0 Å². The second-order valence-electron chi connectivity index (χ2n) is 6.18. The molecule has 2 aromatic rings. The van der Waals surface area contributed by atoms with Gasteiger partial charge in [-0.05, 0) is 36.6 Å². The summed E-state index contributed by atoms with van der Waals surface area (Å²) in [4.78, 5) is 16.1. The fraction of sp³-hybridized carbons (Fsp3) is 0.300. The van der Waals surface area contributed by atoms with E-state index in [1.807, 2.05) is 0 Å². The summed E-state index contributed by atoms with van der Waals surface area (Å²) in [6.45, 7) is 4.91. The highest BCUT2D eigenvalue weighted by Gasteiger charge is 2.08. The van der Waals surface area contributed by atoms with Crippen LogP contribution in [0.3, 0.4) is 0 Å². The minimum absolute atomic E-state index is 0. The molecule has 5 nitrogen and oxygen atoms in total. The third kappa shape index (κ3) is 7.94. The zero-order chi connectivity index (χ0) is 18.9. The first-order chi connectivity index (χ1) is 12.5. The quantitative estimate of drug-likeness (QED) is 0.333. The lowest BCUT2D eigenvalue weighted by Crippen LogP contribution is -2.42. The molecule has 0 radical (unpaired) electrons. The number of guanidine groups is 1. The van der Waals surface area contributed by atoms with Crippen molar-refractivity contribution in [3.8, 4) is 0 Å². The van der Waals surface area contributed by atoms with Crippen molar-refractivity contribution in [2.24, 2.45) is 4.99 Å². The van der Waals surface area contributed by atoms with Crippen molar-refractivity contribution in [3.63, 3.8) is 0 Å². The lowest BCUT2D eigenvalue weighted by Gasteiger charge is -2.16. The van der Waals surface area contributed by atoms with E-state index in [1.54, 1.807) is 19.2 Å². The molecule has 0 aliphatic carbocycles. The van der Waals surface area contributed by atoms with Crippen LogP contribution in [0, 0.1) is 12.7 Å². The molecular formula is C20H26FIN4O. The number of rotatable bonds is 6. The summed E-state index contributed by atoms with van der Waals surface area (Å²) in [6.07, 6.45) is 0. The average molecular weight is 484 g/mol. The number of nitrogens with zero attached hydrogens (tertiary/aromatic N) is 1. The number of carbonyl (C=O) groups excluding carboxylic acids is 1. The van der Waals surface area contributed by atoms with E-state index in [0.717, 1.165) is 0 Å². The normalized spacial score (nSPS) is 11.9. The topological polar surface area (TPSA) is 65.5 Å². The van der Waals surface area contributed by atoms with E-state index in [9.17, 15) is 9.18 Å². The molecule has 0 saturated carbocycles. The second-order valence-corrected chi connectivity index (χ2v) is 6.18. The molecule has 146 valence electrons. The van der Waals surface area contributed by atoms with Crippen LogP contribution < -0.4 is 16.0 Å². The van der Waals surface area contributed by atoms with E-state index < -0.39 is 5.82 Å². The van der Waals surface area contributed by atoms with Gasteiger partial charge in [0.05, 0.1) is 6.54 Å². The monoisotopic (exact) mass is 484 g/mol. The Bertz CT molecular complexity index is 765. The number of aryl methyl sites for hydroxylation is 1. The molecule has 2 rings (SSSR count). The molecule has 0 bridgehead atoms. The Balaban J connectivity index is 0.00000364. The van der Waals surface area contributed by atoms with E-state index in [0.29, 0.717) is 24.1 Å². The second kappa shape index (κ2) is 11.5. The zero-order valence-corrected chi connectivity index (χ0v) is 18.1. The molecule has 7 heteroatoms. The van der Waals surface area contributed by atoms with Gasteiger partial charge in [-0.2, -0.15) is 0 Å². The predicted octanol–water partition coefficient (Wildman–Crippen LogP) is 3.66. The standard InChI is InChI=1S/C20H25FN4O.HI/c1-14-7-9-16(10-8-14)15(2)12-23-20(22-3)24-13-19(26)25-18-6-4-5-17(21)11-18;/h4-11,15H,12-13H2,1-3H3,(H,25,26)(H2,22,23,24);1H. The van der Waals surface area contributed by atoms with E-state index in [2.05, 4.69) is 59.1 Å². The molecule has 1 atom stereocenters. The molecule has 27 heavy (non-hydrogen) atoms. The van der Waals surface area contributed by atoms with Crippen LogP contribution in [0.15, 0.2) is 53.5 Å². The third-order valence-corrected chi connectivity index (χ3v) is 3.97. The molecule has 0 aliphatic heterocycles. The first kappa shape index (κ1) is 22.9. The third-order valence-electron chi connectivity index (χ3n) is 3.97. The summed E-state index contributed by atoms with van der Waals surface area (Å²) < 4.78 is 13.1. The lowest BCUT2D eigenvalue weighted by molar-refractivity contribution is -0.115. The average Bonchev–Trinajstić information content (AvgIpc) is 2.62. The smallest absolute Gasteiger partial charge is 0.243 e. The molecule has 1 amide bonds. The van der Waals surface area contributed by atoms with Crippen molar-refractivity contribution in [2.45, 2.75) is 19.8 Å². The largest absolute Gasteiger partial charge is 0.356 e. The molecule has 0 spiro atoms. The number of hydrogen-bond acceptors (Lipinski definition) is 2. The number of nitrogens with one attached hydrogen (secondary N) is 3. The van der Waals surface area contributed by atoms with Crippen LogP contribution in [0.25, 0.3) is 0 Å². The maximum atomic E-state index is 13.1. The number of anilines is 1. The summed E-state index contributed by atoms with van der Waals surface area (Å²) in [6, 6.07) is 14.2. The molecule has 0 heterocycles. The van der Waals surface area contributed by atoms with Crippen molar-refractivity contribution in [2.75, 3.05) is 25.5 Å². The number of benzene rings is 2. The van der Waals surface area contributed by atoms with Gasteiger partial charge in [0.25, 0.3) is 0 Å². The van der Waals surface area contributed by atoms with Crippen molar-refractivity contribution in [1.82, 2.24) is 10.6 Å². The zero-order valence-electron chi connectivity index (χ0n) is 15.8. The number of halogens is 2. The summed E-state index contributed by atoms with van der Waals surface area (Å²) in [5.41, 5.74) is 2.89. The summed E-state index contributed by atoms with van der Waals surface area (Å²) >= 11 is 0.